The third-order valence-corrected chi connectivity index (χ3v) is 3.95. The first kappa shape index (κ1) is 17.2. The van der Waals surface area contributed by atoms with E-state index in [1.54, 1.807) is 21.3 Å². The second kappa shape index (κ2) is 8.46. The van der Waals surface area contributed by atoms with Crippen molar-refractivity contribution in [1.29, 1.82) is 0 Å². The molecule has 0 fully saturated rings. The van der Waals surface area contributed by atoms with Crippen molar-refractivity contribution >= 4 is 15.9 Å². The first-order valence-corrected chi connectivity index (χ1v) is 7.19. The van der Waals surface area contributed by atoms with E-state index in [1.807, 2.05) is 19.2 Å². The number of methoxy groups -OCH3 is 3. The maximum absolute atomic E-state index is 5.93. The van der Waals surface area contributed by atoms with Crippen LogP contribution in [0.25, 0.3) is 0 Å². The van der Waals surface area contributed by atoms with Gasteiger partial charge in [-0.05, 0) is 24.7 Å². The van der Waals surface area contributed by atoms with Crippen LogP contribution in [0.4, 0.5) is 0 Å². The Balaban J connectivity index is 3.08. The van der Waals surface area contributed by atoms with Crippen LogP contribution in [0, 0.1) is 0 Å². The molecule has 0 saturated heterocycles. The summed E-state index contributed by atoms with van der Waals surface area (Å²) < 4.78 is 16.7. The Kier molecular flexibility index (Phi) is 7.29. The zero-order valence-corrected chi connectivity index (χ0v) is 14.1. The maximum Gasteiger partial charge on any atom is 0.161 e. The van der Waals surface area contributed by atoms with E-state index in [0.29, 0.717) is 24.7 Å². The average molecular weight is 347 g/mol. The van der Waals surface area contributed by atoms with E-state index in [2.05, 4.69) is 20.8 Å². The molecule has 0 heterocycles. The van der Waals surface area contributed by atoms with Crippen molar-refractivity contribution in [3.8, 4) is 11.5 Å². The first-order valence-electron chi connectivity index (χ1n) is 6.39. The van der Waals surface area contributed by atoms with Gasteiger partial charge in [-0.1, -0.05) is 15.9 Å². The summed E-state index contributed by atoms with van der Waals surface area (Å²) in [5, 5.41) is 0. The van der Waals surface area contributed by atoms with Crippen LogP contribution < -0.4 is 15.2 Å². The van der Waals surface area contributed by atoms with Gasteiger partial charge in [0.25, 0.3) is 0 Å². The number of hydrogen-bond acceptors (Lipinski definition) is 5. The number of nitrogens with two attached hydrogens (primary N) is 1. The van der Waals surface area contributed by atoms with Crippen molar-refractivity contribution in [2.24, 2.45) is 5.73 Å². The zero-order valence-electron chi connectivity index (χ0n) is 12.5. The van der Waals surface area contributed by atoms with Gasteiger partial charge in [-0.2, -0.15) is 0 Å². The summed E-state index contributed by atoms with van der Waals surface area (Å²) >= 11 is 3.58. The van der Waals surface area contributed by atoms with Crippen molar-refractivity contribution in [3.63, 3.8) is 0 Å². The maximum atomic E-state index is 5.93. The van der Waals surface area contributed by atoms with Crippen molar-refractivity contribution in [2.45, 2.75) is 6.04 Å². The molecule has 0 saturated carbocycles. The average Bonchev–Trinajstić information content (AvgIpc) is 2.46. The minimum absolute atomic E-state index is 0.0827. The van der Waals surface area contributed by atoms with E-state index < -0.39 is 0 Å². The van der Waals surface area contributed by atoms with Gasteiger partial charge in [-0.25, -0.2) is 0 Å². The predicted octanol–water partition coefficient (Wildman–Crippen LogP) is 2.04. The SMILES string of the molecule is COCCN(C)C(CN)c1cc(OC)c(OC)cc1Br. The van der Waals surface area contributed by atoms with Crippen LogP contribution in [0.2, 0.25) is 0 Å². The molecular formula is C14H23BrN2O3. The van der Waals surface area contributed by atoms with Crippen LogP contribution in [0.3, 0.4) is 0 Å². The Morgan fingerprint density at radius 2 is 1.80 bits per heavy atom. The molecule has 114 valence electrons. The molecule has 0 radical (unpaired) electrons. The largest absolute Gasteiger partial charge is 0.493 e. The van der Waals surface area contributed by atoms with Crippen LogP contribution in [0.15, 0.2) is 16.6 Å². The molecule has 0 spiro atoms. The number of rotatable bonds is 8. The summed E-state index contributed by atoms with van der Waals surface area (Å²) in [6, 6.07) is 3.95. The van der Waals surface area contributed by atoms with Crippen LogP contribution in [0.1, 0.15) is 11.6 Å². The van der Waals surface area contributed by atoms with Crippen LogP contribution >= 0.6 is 15.9 Å². The van der Waals surface area contributed by atoms with Gasteiger partial charge < -0.3 is 19.9 Å². The van der Waals surface area contributed by atoms with Gasteiger partial charge in [0.05, 0.1) is 20.8 Å². The van der Waals surface area contributed by atoms with Crippen LogP contribution in [0.5, 0.6) is 11.5 Å². The topological polar surface area (TPSA) is 57.0 Å². The van der Waals surface area contributed by atoms with E-state index in [4.69, 9.17) is 19.9 Å². The van der Waals surface area contributed by atoms with Gasteiger partial charge in [-0.3, -0.25) is 4.90 Å². The van der Waals surface area contributed by atoms with Gasteiger partial charge in [0.2, 0.25) is 0 Å². The molecular weight excluding hydrogens is 324 g/mol. The van der Waals surface area contributed by atoms with E-state index in [9.17, 15) is 0 Å². The molecule has 1 unspecified atom stereocenters. The molecule has 2 N–H and O–H groups in total. The molecule has 20 heavy (non-hydrogen) atoms. The lowest BCUT2D eigenvalue weighted by molar-refractivity contribution is 0.140. The van der Waals surface area contributed by atoms with E-state index in [0.717, 1.165) is 16.6 Å². The lowest BCUT2D eigenvalue weighted by atomic mass is 10.0. The third-order valence-electron chi connectivity index (χ3n) is 3.27. The minimum Gasteiger partial charge on any atom is -0.493 e. The van der Waals surface area contributed by atoms with E-state index in [-0.39, 0.29) is 6.04 Å². The predicted molar refractivity (Wildman–Crippen MR) is 83.5 cm³/mol. The van der Waals surface area contributed by atoms with Gasteiger partial charge in [-0.15, -0.1) is 0 Å². The van der Waals surface area contributed by atoms with Crippen molar-refractivity contribution in [2.75, 3.05) is 48.1 Å². The standard InChI is InChI=1S/C14H23BrN2O3/c1-17(5-6-18-2)12(9-16)10-7-13(19-3)14(20-4)8-11(10)15/h7-8,12H,5-6,9,16H2,1-4H3. The van der Waals surface area contributed by atoms with Gasteiger partial charge in [0, 0.05) is 30.7 Å². The third kappa shape index (κ3) is 4.09. The van der Waals surface area contributed by atoms with Crippen LogP contribution in [-0.4, -0.2) is 53.0 Å². The molecule has 5 nitrogen and oxygen atoms in total. The summed E-state index contributed by atoms with van der Waals surface area (Å²) in [6.07, 6.45) is 0. The Labute approximate surface area is 129 Å². The van der Waals surface area contributed by atoms with Crippen molar-refractivity contribution < 1.29 is 14.2 Å². The summed E-state index contributed by atoms with van der Waals surface area (Å²) in [7, 11) is 6.97. The smallest absolute Gasteiger partial charge is 0.161 e. The molecule has 0 aliphatic heterocycles. The van der Waals surface area contributed by atoms with Crippen molar-refractivity contribution in [1.82, 2.24) is 4.90 Å². The molecule has 1 aromatic rings. The first-order chi connectivity index (χ1) is 9.58. The molecule has 6 heteroatoms. The molecule has 1 aromatic carbocycles. The van der Waals surface area contributed by atoms with Crippen molar-refractivity contribution in [3.05, 3.63) is 22.2 Å². The monoisotopic (exact) mass is 346 g/mol. The molecule has 0 aromatic heterocycles. The highest BCUT2D eigenvalue weighted by atomic mass is 79.9. The molecule has 0 amide bonds. The summed E-state index contributed by atoms with van der Waals surface area (Å²) in [5.41, 5.74) is 7.01. The number of nitrogens with zero attached hydrogens (tertiary/aromatic N) is 1. The number of halogens is 1. The normalized spacial score (nSPS) is 12.6. The second-order valence-electron chi connectivity index (χ2n) is 4.45. The van der Waals surface area contributed by atoms with Gasteiger partial charge >= 0.3 is 0 Å². The second-order valence-corrected chi connectivity index (χ2v) is 5.31. The zero-order chi connectivity index (χ0) is 15.1. The summed E-state index contributed by atoms with van der Waals surface area (Å²) in [5.74, 6) is 1.39. The Morgan fingerprint density at radius 3 is 2.30 bits per heavy atom. The molecule has 1 rings (SSSR count). The van der Waals surface area contributed by atoms with E-state index >= 15 is 0 Å². The molecule has 1 atom stereocenters. The van der Waals surface area contributed by atoms with Gasteiger partial charge in [0.1, 0.15) is 0 Å². The Bertz CT molecular complexity index is 429. The summed E-state index contributed by atoms with van der Waals surface area (Å²) in [4.78, 5) is 2.16. The highest BCUT2D eigenvalue weighted by Gasteiger charge is 2.20. The minimum atomic E-state index is 0.0827. The Hall–Kier alpha value is -0.820. The fourth-order valence-corrected chi connectivity index (χ4v) is 2.65. The fourth-order valence-electron chi connectivity index (χ4n) is 2.06. The lowest BCUT2D eigenvalue weighted by Gasteiger charge is -2.28. The lowest BCUT2D eigenvalue weighted by Crippen LogP contribution is -2.33. The molecule has 0 aliphatic carbocycles. The molecule has 0 bridgehead atoms. The summed E-state index contributed by atoms with van der Waals surface area (Å²) in [6.45, 7) is 1.98. The quantitative estimate of drug-likeness (QED) is 0.780. The number of likely N-dealkylation sites (N-methyl/N-ethyl adjacent to an activating group) is 1. The highest BCUT2D eigenvalue weighted by Crippen LogP contribution is 2.37. The van der Waals surface area contributed by atoms with Gasteiger partial charge in [0.15, 0.2) is 11.5 Å². The Morgan fingerprint density at radius 1 is 1.20 bits per heavy atom. The number of ether oxygens (including phenoxy) is 3. The molecule has 0 aliphatic rings. The van der Waals surface area contributed by atoms with E-state index in [1.165, 1.54) is 0 Å². The fraction of sp³-hybridized carbons (Fsp3) is 0.571. The highest BCUT2D eigenvalue weighted by molar-refractivity contribution is 9.10. The number of benzene rings is 1. The number of hydrogen-bond donors (Lipinski definition) is 1. The van der Waals surface area contributed by atoms with Crippen LogP contribution in [-0.2, 0) is 4.74 Å².